The Bertz CT molecular complexity index is 925. The highest BCUT2D eigenvalue weighted by Gasteiger charge is 2.53. The van der Waals surface area contributed by atoms with Crippen molar-refractivity contribution in [2.24, 2.45) is 0 Å². The fourth-order valence-electron chi connectivity index (χ4n) is 3.57. The highest BCUT2D eigenvalue weighted by atomic mass is 16.6. The summed E-state index contributed by atoms with van der Waals surface area (Å²) in [4.78, 5) is 61.2. The first-order chi connectivity index (χ1) is 14.1. The summed E-state index contributed by atoms with van der Waals surface area (Å²) in [7, 11) is 0. The van der Waals surface area contributed by atoms with Gasteiger partial charge < -0.3 is 18.9 Å². The lowest BCUT2D eigenvalue weighted by Gasteiger charge is -2.43. The number of Topliss-reactive ketones (excluding diaryl/α,β-unsaturated/α-hetero) is 1. The molecule has 2 heterocycles. The minimum atomic E-state index is -1.34. The van der Waals surface area contributed by atoms with Gasteiger partial charge in [0.1, 0.15) is 0 Å². The fraction of sp³-hybridized carbons (Fsp3) is 0.450. The third-order valence-corrected chi connectivity index (χ3v) is 4.65. The number of carbonyl (C=O) groups excluding carboxylic acids is 5. The highest BCUT2D eigenvalue weighted by Crippen LogP contribution is 2.36. The number of fused-ring (bicyclic) bond motifs is 1. The van der Waals surface area contributed by atoms with Gasteiger partial charge in [-0.2, -0.15) is 0 Å². The Balaban J connectivity index is 2.04. The number of amides is 1. The van der Waals surface area contributed by atoms with Crippen LogP contribution in [0.2, 0.25) is 0 Å². The standard InChI is InChI=1S/C20H21NO9/c1-9-5-6-14-13(7-9)16(25)19(26)21(14)20-18(30-12(4)24)17(29-11(3)23)15(8-27-20)28-10(2)22/h5-7,15,17-18,20H,8H2,1-4H3/t15-,17-,18+,20+/m0/s1. The van der Waals surface area contributed by atoms with Crippen LogP contribution >= 0.6 is 0 Å². The van der Waals surface area contributed by atoms with Crippen molar-refractivity contribution in [2.75, 3.05) is 11.5 Å². The normalized spacial score (nSPS) is 25.5. The van der Waals surface area contributed by atoms with Crippen LogP contribution in [0.25, 0.3) is 0 Å². The largest absolute Gasteiger partial charge is 0.456 e. The molecule has 3 rings (SSSR count). The Kier molecular flexibility index (Phi) is 5.88. The molecule has 0 unspecified atom stereocenters. The first-order valence-corrected chi connectivity index (χ1v) is 9.22. The molecule has 1 saturated heterocycles. The number of aryl methyl sites for hydroxylation is 1. The molecule has 0 saturated carbocycles. The molecule has 1 aromatic carbocycles. The molecule has 0 aliphatic carbocycles. The Morgan fingerprint density at radius 3 is 2.17 bits per heavy atom. The van der Waals surface area contributed by atoms with Crippen LogP contribution in [0, 0.1) is 6.92 Å². The van der Waals surface area contributed by atoms with Crippen LogP contribution in [-0.4, -0.2) is 60.7 Å². The molecule has 1 fully saturated rings. The van der Waals surface area contributed by atoms with Crippen LogP contribution in [0.3, 0.4) is 0 Å². The van der Waals surface area contributed by atoms with Crippen molar-refractivity contribution in [1.29, 1.82) is 0 Å². The van der Waals surface area contributed by atoms with E-state index in [4.69, 9.17) is 18.9 Å². The van der Waals surface area contributed by atoms with E-state index in [1.165, 1.54) is 6.92 Å². The van der Waals surface area contributed by atoms with Gasteiger partial charge >= 0.3 is 23.8 Å². The molecule has 0 bridgehead atoms. The number of carbonyl (C=O) groups is 5. The number of rotatable bonds is 4. The average Bonchev–Trinajstić information content (AvgIpc) is 2.88. The molecular weight excluding hydrogens is 398 g/mol. The number of nitrogens with zero attached hydrogens (tertiary/aromatic N) is 1. The number of hydrogen-bond acceptors (Lipinski definition) is 9. The van der Waals surface area contributed by atoms with Crippen LogP contribution in [-0.2, 0) is 38.1 Å². The molecule has 4 atom stereocenters. The van der Waals surface area contributed by atoms with Crippen LogP contribution < -0.4 is 4.90 Å². The SMILES string of the molecule is CC(=O)O[C@@H]1[C@@H](OC(C)=O)[C@H](N2C(=O)C(=O)c3cc(C)ccc32)OC[C@@H]1OC(C)=O. The van der Waals surface area contributed by atoms with Crippen molar-refractivity contribution in [1.82, 2.24) is 0 Å². The number of hydrogen-bond donors (Lipinski definition) is 0. The summed E-state index contributed by atoms with van der Waals surface area (Å²) < 4.78 is 21.5. The van der Waals surface area contributed by atoms with E-state index in [1.807, 2.05) is 0 Å². The van der Waals surface area contributed by atoms with Gasteiger partial charge in [-0.1, -0.05) is 11.6 Å². The number of esters is 3. The monoisotopic (exact) mass is 419 g/mol. The number of anilines is 1. The van der Waals surface area contributed by atoms with Crippen LogP contribution in [0.1, 0.15) is 36.7 Å². The Hall–Kier alpha value is -3.27. The number of ketones is 1. The highest BCUT2D eigenvalue weighted by molar-refractivity contribution is 6.52. The molecule has 160 valence electrons. The lowest BCUT2D eigenvalue weighted by Crippen LogP contribution is -2.63. The van der Waals surface area contributed by atoms with Crippen molar-refractivity contribution in [3.8, 4) is 0 Å². The minimum Gasteiger partial charge on any atom is -0.456 e. The Labute approximate surface area is 172 Å². The summed E-state index contributed by atoms with van der Waals surface area (Å²) in [5, 5.41) is 0. The zero-order valence-corrected chi connectivity index (χ0v) is 16.9. The van der Waals surface area contributed by atoms with Gasteiger partial charge in [0.2, 0.25) is 0 Å². The number of benzene rings is 1. The van der Waals surface area contributed by atoms with Gasteiger partial charge in [0.05, 0.1) is 17.9 Å². The molecule has 30 heavy (non-hydrogen) atoms. The minimum absolute atomic E-state index is 0.191. The zero-order valence-electron chi connectivity index (χ0n) is 16.9. The van der Waals surface area contributed by atoms with Gasteiger partial charge in [0, 0.05) is 20.8 Å². The zero-order chi connectivity index (χ0) is 22.2. The summed E-state index contributed by atoms with van der Waals surface area (Å²) in [6.07, 6.45) is -4.93. The molecule has 10 nitrogen and oxygen atoms in total. The summed E-state index contributed by atoms with van der Waals surface area (Å²) in [5.74, 6) is -3.71. The first-order valence-electron chi connectivity index (χ1n) is 9.22. The van der Waals surface area contributed by atoms with Crippen LogP contribution in [0.15, 0.2) is 18.2 Å². The maximum atomic E-state index is 12.8. The van der Waals surface area contributed by atoms with Crippen molar-refractivity contribution < 1.29 is 42.9 Å². The van der Waals surface area contributed by atoms with E-state index in [1.54, 1.807) is 25.1 Å². The molecule has 0 spiro atoms. The second-order valence-electron chi connectivity index (χ2n) is 7.04. The molecule has 1 aromatic rings. The third kappa shape index (κ3) is 4.04. The molecule has 0 N–H and O–H groups in total. The Morgan fingerprint density at radius 1 is 0.967 bits per heavy atom. The van der Waals surface area contributed by atoms with Gasteiger partial charge in [-0.15, -0.1) is 0 Å². The van der Waals surface area contributed by atoms with Gasteiger partial charge in [-0.25, -0.2) is 0 Å². The predicted octanol–water partition coefficient (Wildman–Crippen LogP) is 0.676. The first kappa shape index (κ1) is 21.4. The van der Waals surface area contributed by atoms with E-state index in [0.29, 0.717) is 0 Å². The third-order valence-electron chi connectivity index (χ3n) is 4.65. The van der Waals surface area contributed by atoms with E-state index < -0.39 is 54.1 Å². The smallest absolute Gasteiger partial charge is 0.303 e. The van der Waals surface area contributed by atoms with Gasteiger partial charge in [0.25, 0.3) is 5.78 Å². The molecular formula is C20H21NO9. The van der Waals surface area contributed by atoms with Crippen molar-refractivity contribution in [3.05, 3.63) is 29.3 Å². The number of ether oxygens (including phenoxy) is 4. The summed E-state index contributed by atoms with van der Waals surface area (Å²) in [6.45, 7) is 4.96. The lowest BCUT2D eigenvalue weighted by atomic mass is 10.0. The van der Waals surface area contributed by atoms with Gasteiger partial charge in [0.15, 0.2) is 24.5 Å². The van der Waals surface area contributed by atoms with Gasteiger partial charge in [-0.05, 0) is 19.1 Å². The summed E-state index contributed by atoms with van der Waals surface area (Å²) in [6, 6.07) is 4.87. The van der Waals surface area contributed by atoms with E-state index in [2.05, 4.69) is 0 Å². The van der Waals surface area contributed by atoms with E-state index in [-0.39, 0.29) is 17.9 Å². The predicted molar refractivity (Wildman–Crippen MR) is 99.4 cm³/mol. The molecule has 1 amide bonds. The summed E-state index contributed by atoms with van der Waals surface area (Å²) in [5.41, 5.74) is 1.26. The van der Waals surface area contributed by atoms with E-state index >= 15 is 0 Å². The van der Waals surface area contributed by atoms with Crippen molar-refractivity contribution >= 4 is 35.3 Å². The second kappa shape index (κ2) is 8.23. The molecule has 0 aromatic heterocycles. The maximum Gasteiger partial charge on any atom is 0.303 e. The molecule has 2 aliphatic rings. The van der Waals surface area contributed by atoms with Crippen molar-refractivity contribution in [3.63, 3.8) is 0 Å². The molecule has 2 aliphatic heterocycles. The summed E-state index contributed by atoms with van der Waals surface area (Å²) >= 11 is 0. The van der Waals surface area contributed by atoms with Gasteiger partial charge in [-0.3, -0.25) is 28.9 Å². The van der Waals surface area contributed by atoms with Crippen molar-refractivity contribution in [2.45, 2.75) is 52.2 Å². The second-order valence-corrected chi connectivity index (χ2v) is 7.04. The molecule has 0 radical (unpaired) electrons. The Morgan fingerprint density at radius 2 is 1.57 bits per heavy atom. The van der Waals surface area contributed by atoms with E-state index in [0.717, 1.165) is 24.3 Å². The van der Waals surface area contributed by atoms with E-state index in [9.17, 15) is 24.0 Å². The van der Waals surface area contributed by atoms with Crippen LogP contribution in [0.4, 0.5) is 5.69 Å². The van der Waals surface area contributed by atoms with Crippen LogP contribution in [0.5, 0.6) is 0 Å². The lowest BCUT2D eigenvalue weighted by molar-refractivity contribution is -0.225. The molecule has 10 heteroatoms. The fourth-order valence-corrected chi connectivity index (χ4v) is 3.57. The average molecular weight is 419 g/mol. The topological polar surface area (TPSA) is 126 Å². The maximum absolute atomic E-state index is 12.8. The quantitative estimate of drug-likeness (QED) is 0.393.